The van der Waals surface area contributed by atoms with Crippen LogP contribution in [0.4, 0.5) is 0 Å². The fourth-order valence-electron chi connectivity index (χ4n) is 0.909. The summed E-state index contributed by atoms with van der Waals surface area (Å²) in [5.41, 5.74) is 0.361. The average molecular weight is 291 g/mol. The number of amides is 1. The van der Waals surface area contributed by atoms with Crippen molar-refractivity contribution in [1.82, 2.24) is 10.3 Å². The van der Waals surface area contributed by atoms with Crippen molar-refractivity contribution in [2.45, 2.75) is 0 Å². The highest BCUT2D eigenvalue weighted by Gasteiger charge is 2.05. The van der Waals surface area contributed by atoms with E-state index in [0.29, 0.717) is 18.0 Å². The van der Waals surface area contributed by atoms with Gasteiger partial charge < -0.3 is 5.32 Å². The van der Waals surface area contributed by atoms with Gasteiger partial charge in [0, 0.05) is 40.0 Å². The molecule has 1 aromatic rings. The third kappa shape index (κ3) is 4.53. The molecule has 4 nitrogen and oxygen atoms in total. The molecular formula is C9H11BrN2O2S. The molecule has 0 aliphatic rings. The van der Waals surface area contributed by atoms with Gasteiger partial charge in [0.25, 0.3) is 5.91 Å². The highest BCUT2D eigenvalue weighted by Crippen LogP contribution is 2.06. The molecule has 0 aromatic carbocycles. The number of halogens is 1. The number of pyridine rings is 1. The van der Waals surface area contributed by atoms with E-state index < -0.39 is 10.8 Å². The summed E-state index contributed by atoms with van der Waals surface area (Å²) in [6.45, 7) is 0.402. The first kappa shape index (κ1) is 12.3. The Hall–Kier alpha value is -0.750. The first-order valence-corrected chi connectivity index (χ1v) is 6.81. The second kappa shape index (κ2) is 5.97. The molecule has 15 heavy (non-hydrogen) atoms. The maximum Gasteiger partial charge on any atom is 0.269 e. The van der Waals surface area contributed by atoms with Crippen LogP contribution in [-0.2, 0) is 10.8 Å². The summed E-state index contributed by atoms with van der Waals surface area (Å²) in [4.78, 5) is 15.4. The van der Waals surface area contributed by atoms with E-state index in [9.17, 15) is 9.00 Å². The van der Waals surface area contributed by atoms with Gasteiger partial charge in [0.05, 0.1) is 0 Å². The molecule has 1 N–H and O–H groups in total. The molecule has 0 saturated carbocycles. The van der Waals surface area contributed by atoms with E-state index >= 15 is 0 Å². The van der Waals surface area contributed by atoms with Crippen molar-refractivity contribution in [3.63, 3.8) is 0 Å². The predicted molar refractivity (Wildman–Crippen MR) is 63.2 cm³/mol. The van der Waals surface area contributed by atoms with Gasteiger partial charge in [-0.2, -0.15) is 0 Å². The quantitative estimate of drug-likeness (QED) is 0.898. The van der Waals surface area contributed by atoms with E-state index in [1.54, 1.807) is 24.6 Å². The van der Waals surface area contributed by atoms with E-state index in [-0.39, 0.29) is 5.91 Å². The van der Waals surface area contributed by atoms with Crippen molar-refractivity contribution in [1.29, 1.82) is 0 Å². The number of hydrogen-bond acceptors (Lipinski definition) is 3. The Balaban J connectivity index is 2.47. The van der Waals surface area contributed by atoms with Gasteiger partial charge >= 0.3 is 0 Å². The standard InChI is InChI=1S/C9H11BrN2O2S/c1-15(14)5-4-11-9(13)8-3-2-7(10)6-12-8/h2-3,6H,4-5H2,1H3,(H,11,13). The lowest BCUT2D eigenvalue weighted by Gasteiger charge is -2.02. The summed E-state index contributed by atoms with van der Waals surface area (Å²) < 4.78 is 11.6. The molecule has 0 bridgehead atoms. The summed E-state index contributed by atoms with van der Waals surface area (Å²) >= 11 is 3.23. The van der Waals surface area contributed by atoms with Gasteiger partial charge in [-0.05, 0) is 28.1 Å². The maximum absolute atomic E-state index is 11.4. The Morgan fingerprint density at radius 1 is 1.60 bits per heavy atom. The van der Waals surface area contributed by atoms with Crippen molar-refractivity contribution < 1.29 is 9.00 Å². The Kier molecular flexibility index (Phi) is 4.90. The molecule has 1 amide bonds. The second-order valence-corrected chi connectivity index (χ2v) is 5.37. The number of carbonyl (C=O) groups is 1. The molecule has 1 aromatic heterocycles. The molecule has 0 aliphatic carbocycles. The van der Waals surface area contributed by atoms with Gasteiger partial charge in [0.15, 0.2) is 0 Å². The SMILES string of the molecule is CS(=O)CCNC(=O)c1ccc(Br)cn1. The molecular weight excluding hydrogens is 280 g/mol. The lowest BCUT2D eigenvalue weighted by molar-refractivity contribution is 0.0951. The predicted octanol–water partition coefficient (Wildman–Crippen LogP) is 0.952. The zero-order valence-electron chi connectivity index (χ0n) is 8.20. The highest BCUT2D eigenvalue weighted by molar-refractivity contribution is 9.10. The third-order valence-electron chi connectivity index (χ3n) is 1.64. The highest BCUT2D eigenvalue weighted by atomic mass is 79.9. The molecule has 0 radical (unpaired) electrons. The van der Waals surface area contributed by atoms with Crippen LogP contribution in [0.1, 0.15) is 10.5 Å². The second-order valence-electron chi connectivity index (χ2n) is 2.89. The minimum absolute atomic E-state index is 0.243. The third-order valence-corrected chi connectivity index (χ3v) is 2.88. The van der Waals surface area contributed by atoms with Crippen LogP contribution in [0, 0.1) is 0 Å². The fourth-order valence-corrected chi connectivity index (χ4v) is 1.53. The normalized spacial score (nSPS) is 12.1. The fraction of sp³-hybridized carbons (Fsp3) is 0.333. The van der Waals surface area contributed by atoms with E-state index in [1.165, 1.54) is 0 Å². The molecule has 0 spiro atoms. The Labute approximate surface area is 99.1 Å². The van der Waals surface area contributed by atoms with Crippen LogP contribution in [0.25, 0.3) is 0 Å². The van der Waals surface area contributed by atoms with Crippen molar-refractivity contribution in [3.8, 4) is 0 Å². The van der Waals surface area contributed by atoms with Gasteiger partial charge in [-0.15, -0.1) is 0 Å². The van der Waals surface area contributed by atoms with E-state index in [0.717, 1.165) is 4.47 Å². The molecule has 1 heterocycles. The van der Waals surface area contributed by atoms with Crippen LogP contribution in [-0.4, -0.2) is 33.7 Å². The van der Waals surface area contributed by atoms with Crippen LogP contribution < -0.4 is 5.32 Å². The molecule has 0 aliphatic heterocycles. The number of rotatable bonds is 4. The van der Waals surface area contributed by atoms with Crippen molar-refractivity contribution >= 4 is 32.6 Å². The number of nitrogens with zero attached hydrogens (tertiary/aromatic N) is 1. The minimum atomic E-state index is -0.885. The lowest BCUT2D eigenvalue weighted by Crippen LogP contribution is -2.28. The van der Waals surface area contributed by atoms with E-state index in [4.69, 9.17) is 0 Å². The number of nitrogens with one attached hydrogen (secondary N) is 1. The number of hydrogen-bond donors (Lipinski definition) is 1. The largest absolute Gasteiger partial charge is 0.350 e. The smallest absolute Gasteiger partial charge is 0.269 e. The van der Waals surface area contributed by atoms with E-state index in [2.05, 4.69) is 26.2 Å². The number of carbonyl (C=O) groups excluding carboxylic acids is 1. The van der Waals surface area contributed by atoms with Crippen molar-refractivity contribution in [2.75, 3.05) is 18.6 Å². The lowest BCUT2D eigenvalue weighted by atomic mass is 10.3. The van der Waals surface area contributed by atoms with Gasteiger partial charge in [-0.25, -0.2) is 4.98 Å². The topological polar surface area (TPSA) is 59.1 Å². The summed E-state index contributed by atoms with van der Waals surface area (Å²) in [5.74, 6) is 0.218. The van der Waals surface area contributed by atoms with Gasteiger partial charge in [0.2, 0.25) is 0 Å². The Morgan fingerprint density at radius 2 is 2.33 bits per heavy atom. The molecule has 1 atom stereocenters. The van der Waals surface area contributed by atoms with Crippen LogP contribution >= 0.6 is 15.9 Å². The van der Waals surface area contributed by atoms with Crippen molar-refractivity contribution in [3.05, 3.63) is 28.5 Å². The van der Waals surface area contributed by atoms with Crippen LogP contribution in [0.2, 0.25) is 0 Å². The average Bonchev–Trinajstić information content (AvgIpc) is 2.18. The van der Waals surface area contributed by atoms with Gasteiger partial charge in [-0.1, -0.05) is 0 Å². The zero-order chi connectivity index (χ0) is 11.3. The maximum atomic E-state index is 11.4. The molecule has 6 heteroatoms. The van der Waals surface area contributed by atoms with Crippen LogP contribution in [0.5, 0.6) is 0 Å². The zero-order valence-corrected chi connectivity index (χ0v) is 10.6. The molecule has 1 unspecified atom stereocenters. The first-order chi connectivity index (χ1) is 7.09. The molecule has 0 fully saturated rings. The minimum Gasteiger partial charge on any atom is -0.350 e. The summed E-state index contributed by atoms with van der Waals surface area (Å²) in [5, 5.41) is 2.64. The van der Waals surface area contributed by atoms with Gasteiger partial charge in [-0.3, -0.25) is 9.00 Å². The van der Waals surface area contributed by atoms with E-state index in [1.807, 2.05) is 0 Å². The molecule has 82 valence electrons. The van der Waals surface area contributed by atoms with Gasteiger partial charge in [0.1, 0.15) is 5.69 Å². The summed E-state index contributed by atoms with van der Waals surface area (Å²) in [7, 11) is -0.885. The number of aromatic nitrogens is 1. The Morgan fingerprint density at radius 3 is 2.87 bits per heavy atom. The summed E-state index contributed by atoms with van der Waals surface area (Å²) in [6, 6.07) is 3.38. The van der Waals surface area contributed by atoms with Crippen molar-refractivity contribution in [2.24, 2.45) is 0 Å². The Bertz CT molecular complexity index is 367. The van der Waals surface area contributed by atoms with Crippen LogP contribution in [0.3, 0.4) is 0 Å². The monoisotopic (exact) mass is 290 g/mol. The molecule has 0 saturated heterocycles. The molecule has 1 rings (SSSR count). The first-order valence-electron chi connectivity index (χ1n) is 4.29. The van der Waals surface area contributed by atoms with Crippen LogP contribution in [0.15, 0.2) is 22.8 Å². The summed E-state index contributed by atoms with van der Waals surface area (Å²) in [6.07, 6.45) is 3.16.